The third kappa shape index (κ3) is 3.49. The van der Waals surface area contributed by atoms with Gasteiger partial charge in [0.15, 0.2) is 0 Å². The summed E-state index contributed by atoms with van der Waals surface area (Å²) in [5.41, 5.74) is 0.878. The third-order valence-corrected chi connectivity index (χ3v) is 5.82. The summed E-state index contributed by atoms with van der Waals surface area (Å²) in [6, 6.07) is 0.225. The first-order valence-corrected chi connectivity index (χ1v) is 9.15. The SMILES string of the molecule is CCC1CCCCN1C(=O)CNS(=O)(=O)c1c(C)n[nH]c1C. The molecule has 0 radical (unpaired) electrons. The molecular weight excluding hydrogens is 304 g/mol. The molecule has 0 bridgehead atoms. The van der Waals surface area contributed by atoms with E-state index in [4.69, 9.17) is 0 Å². The minimum atomic E-state index is -3.73. The van der Waals surface area contributed by atoms with Crippen LogP contribution >= 0.6 is 0 Å². The van der Waals surface area contributed by atoms with Gasteiger partial charge in [-0.2, -0.15) is 5.10 Å². The lowest BCUT2D eigenvalue weighted by Gasteiger charge is -2.35. The third-order valence-electron chi connectivity index (χ3n) is 4.16. The largest absolute Gasteiger partial charge is 0.339 e. The molecular formula is C14H24N4O3S. The summed E-state index contributed by atoms with van der Waals surface area (Å²) < 4.78 is 27.1. The number of amides is 1. The summed E-state index contributed by atoms with van der Waals surface area (Å²) in [7, 11) is -3.73. The van der Waals surface area contributed by atoms with Crippen LogP contribution < -0.4 is 4.72 Å². The van der Waals surface area contributed by atoms with Gasteiger partial charge in [0.2, 0.25) is 15.9 Å². The highest BCUT2D eigenvalue weighted by Crippen LogP contribution is 2.20. The van der Waals surface area contributed by atoms with E-state index in [0.29, 0.717) is 17.9 Å². The number of likely N-dealkylation sites (tertiary alicyclic amines) is 1. The number of aromatic amines is 1. The number of H-pyrrole nitrogens is 1. The summed E-state index contributed by atoms with van der Waals surface area (Å²) in [5.74, 6) is -0.158. The van der Waals surface area contributed by atoms with Gasteiger partial charge in [0.1, 0.15) is 4.90 Å². The first-order valence-electron chi connectivity index (χ1n) is 7.67. The van der Waals surface area contributed by atoms with Crippen LogP contribution in [0.3, 0.4) is 0 Å². The lowest BCUT2D eigenvalue weighted by atomic mass is 10.00. The molecule has 1 atom stereocenters. The average Bonchev–Trinajstić information content (AvgIpc) is 2.84. The number of sulfonamides is 1. The van der Waals surface area contributed by atoms with Crippen molar-refractivity contribution in [3.05, 3.63) is 11.4 Å². The highest BCUT2D eigenvalue weighted by Gasteiger charge is 2.28. The van der Waals surface area contributed by atoms with Gasteiger partial charge >= 0.3 is 0 Å². The Bertz CT molecular complexity index is 619. The van der Waals surface area contributed by atoms with Crippen molar-refractivity contribution in [3.8, 4) is 0 Å². The summed E-state index contributed by atoms with van der Waals surface area (Å²) >= 11 is 0. The number of nitrogens with zero attached hydrogens (tertiary/aromatic N) is 2. The van der Waals surface area contributed by atoms with Gasteiger partial charge in [0.05, 0.1) is 17.9 Å². The zero-order valence-electron chi connectivity index (χ0n) is 13.3. The molecule has 1 aromatic rings. The van der Waals surface area contributed by atoms with Crippen LogP contribution in [0.25, 0.3) is 0 Å². The maximum atomic E-state index is 12.3. The molecule has 1 saturated heterocycles. The molecule has 0 saturated carbocycles. The molecule has 0 aromatic carbocycles. The number of aryl methyl sites for hydroxylation is 2. The number of carbonyl (C=O) groups excluding carboxylic acids is 1. The van der Waals surface area contributed by atoms with Crippen molar-refractivity contribution in [3.63, 3.8) is 0 Å². The van der Waals surface area contributed by atoms with E-state index >= 15 is 0 Å². The van der Waals surface area contributed by atoms with Crippen molar-refractivity contribution < 1.29 is 13.2 Å². The highest BCUT2D eigenvalue weighted by molar-refractivity contribution is 7.89. The fraction of sp³-hybridized carbons (Fsp3) is 0.714. The van der Waals surface area contributed by atoms with E-state index < -0.39 is 10.0 Å². The second-order valence-corrected chi connectivity index (χ2v) is 7.44. The second-order valence-electron chi connectivity index (χ2n) is 5.73. The number of nitrogens with one attached hydrogen (secondary N) is 2. The van der Waals surface area contributed by atoms with Gasteiger partial charge in [-0.3, -0.25) is 9.89 Å². The van der Waals surface area contributed by atoms with Crippen molar-refractivity contribution in [2.45, 2.75) is 57.4 Å². The number of piperidine rings is 1. The molecule has 22 heavy (non-hydrogen) atoms. The molecule has 1 amide bonds. The fourth-order valence-electron chi connectivity index (χ4n) is 3.02. The van der Waals surface area contributed by atoms with Crippen molar-refractivity contribution in [1.82, 2.24) is 19.8 Å². The van der Waals surface area contributed by atoms with Crippen LogP contribution in [0.2, 0.25) is 0 Å². The lowest BCUT2D eigenvalue weighted by Crippen LogP contribution is -2.47. The van der Waals surface area contributed by atoms with E-state index in [9.17, 15) is 13.2 Å². The van der Waals surface area contributed by atoms with Gasteiger partial charge in [-0.25, -0.2) is 13.1 Å². The van der Waals surface area contributed by atoms with Gasteiger partial charge < -0.3 is 4.90 Å². The topological polar surface area (TPSA) is 95.2 Å². The van der Waals surface area contributed by atoms with Gasteiger partial charge in [-0.05, 0) is 39.5 Å². The first kappa shape index (κ1) is 17.0. The van der Waals surface area contributed by atoms with Gasteiger partial charge in [-0.15, -0.1) is 0 Å². The average molecular weight is 328 g/mol. The first-order chi connectivity index (χ1) is 10.4. The Morgan fingerprint density at radius 3 is 2.73 bits per heavy atom. The van der Waals surface area contributed by atoms with Crippen molar-refractivity contribution >= 4 is 15.9 Å². The van der Waals surface area contributed by atoms with E-state index in [0.717, 1.165) is 25.7 Å². The Morgan fingerprint density at radius 2 is 2.14 bits per heavy atom. The Balaban J connectivity index is 2.04. The molecule has 1 unspecified atom stereocenters. The van der Waals surface area contributed by atoms with Gasteiger partial charge in [0, 0.05) is 12.6 Å². The molecule has 1 fully saturated rings. The summed E-state index contributed by atoms with van der Waals surface area (Å²) in [6.45, 7) is 5.83. The number of hydrogen-bond acceptors (Lipinski definition) is 4. The van der Waals surface area contributed by atoms with Crippen LogP contribution in [0.4, 0.5) is 0 Å². The number of rotatable bonds is 5. The minimum Gasteiger partial charge on any atom is -0.339 e. The quantitative estimate of drug-likeness (QED) is 0.846. The number of hydrogen-bond donors (Lipinski definition) is 2. The molecule has 1 aliphatic rings. The smallest absolute Gasteiger partial charge is 0.244 e. The molecule has 7 nitrogen and oxygen atoms in total. The second kappa shape index (κ2) is 6.78. The monoisotopic (exact) mass is 328 g/mol. The van der Waals surface area contributed by atoms with Crippen LogP contribution in [-0.2, 0) is 14.8 Å². The van der Waals surface area contributed by atoms with E-state index in [1.807, 2.05) is 0 Å². The van der Waals surface area contributed by atoms with Crippen LogP contribution in [0.5, 0.6) is 0 Å². The van der Waals surface area contributed by atoms with E-state index in [2.05, 4.69) is 21.8 Å². The van der Waals surface area contributed by atoms with Crippen LogP contribution in [-0.4, -0.2) is 48.6 Å². The normalized spacial score (nSPS) is 19.4. The minimum absolute atomic E-state index is 0.131. The Kier molecular flexibility index (Phi) is 5.23. The Labute approximate surface area is 131 Å². The standard InChI is InChI=1S/C14H24N4O3S/c1-4-12-7-5-6-8-18(12)13(19)9-15-22(20,21)14-10(2)16-17-11(14)3/h12,15H,4-9H2,1-3H3,(H,16,17). The van der Waals surface area contributed by atoms with E-state index in [-0.39, 0.29) is 23.4 Å². The molecule has 8 heteroatoms. The predicted molar refractivity (Wildman–Crippen MR) is 82.9 cm³/mol. The van der Waals surface area contributed by atoms with Crippen molar-refractivity contribution in [2.75, 3.05) is 13.1 Å². The Morgan fingerprint density at radius 1 is 1.41 bits per heavy atom. The number of carbonyl (C=O) groups is 1. The molecule has 124 valence electrons. The van der Waals surface area contributed by atoms with Crippen LogP contribution in [0, 0.1) is 13.8 Å². The van der Waals surface area contributed by atoms with Gasteiger partial charge in [-0.1, -0.05) is 6.92 Å². The maximum Gasteiger partial charge on any atom is 0.244 e. The van der Waals surface area contributed by atoms with Crippen molar-refractivity contribution in [1.29, 1.82) is 0 Å². The van der Waals surface area contributed by atoms with Gasteiger partial charge in [0.25, 0.3) is 0 Å². The van der Waals surface area contributed by atoms with Crippen LogP contribution in [0.1, 0.15) is 44.0 Å². The fourth-order valence-corrected chi connectivity index (χ4v) is 4.36. The summed E-state index contributed by atoms with van der Waals surface area (Å²) in [6.07, 6.45) is 4.00. The predicted octanol–water partition coefficient (Wildman–Crippen LogP) is 1.10. The molecule has 2 N–H and O–H groups in total. The molecule has 0 aliphatic carbocycles. The molecule has 2 rings (SSSR count). The lowest BCUT2D eigenvalue weighted by molar-refractivity contribution is -0.133. The zero-order valence-corrected chi connectivity index (χ0v) is 14.2. The maximum absolute atomic E-state index is 12.3. The zero-order chi connectivity index (χ0) is 16.3. The summed E-state index contributed by atoms with van der Waals surface area (Å²) in [5, 5.41) is 6.53. The molecule has 0 spiro atoms. The number of aromatic nitrogens is 2. The molecule has 2 heterocycles. The van der Waals surface area contributed by atoms with Crippen molar-refractivity contribution in [2.24, 2.45) is 0 Å². The molecule has 1 aromatic heterocycles. The highest BCUT2D eigenvalue weighted by atomic mass is 32.2. The van der Waals surface area contributed by atoms with E-state index in [1.54, 1.807) is 18.7 Å². The molecule has 1 aliphatic heterocycles. The van der Waals surface area contributed by atoms with E-state index in [1.165, 1.54) is 0 Å². The summed E-state index contributed by atoms with van der Waals surface area (Å²) in [4.78, 5) is 14.3. The Hall–Kier alpha value is -1.41. The van der Waals surface area contributed by atoms with Crippen LogP contribution in [0.15, 0.2) is 4.90 Å².